The van der Waals surface area contributed by atoms with E-state index in [0.717, 1.165) is 30.3 Å². The van der Waals surface area contributed by atoms with E-state index < -0.39 is 0 Å². The largest absolute Gasteiger partial charge is 0.442 e. The van der Waals surface area contributed by atoms with E-state index in [1.54, 1.807) is 18.5 Å². The van der Waals surface area contributed by atoms with Gasteiger partial charge in [0.15, 0.2) is 12.2 Å². The highest BCUT2D eigenvalue weighted by Gasteiger charge is 2.22. The predicted octanol–water partition coefficient (Wildman–Crippen LogP) is 2.71. The zero-order valence-corrected chi connectivity index (χ0v) is 14.0. The Kier molecular flexibility index (Phi) is 4.15. The zero-order chi connectivity index (χ0) is 17.2. The second-order valence-electron chi connectivity index (χ2n) is 6.33. The van der Waals surface area contributed by atoms with Gasteiger partial charge in [0.1, 0.15) is 11.5 Å². The Morgan fingerprint density at radius 1 is 1.40 bits per heavy atom. The van der Waals surface area contributed by atoms with Gasteiger partial charge in [0, 0.05) is 23.7 Å². The molecule has 0 unspecified atom stereocenters. The van der Waals surface area contributed by atoms with E-state index in [-0.39, 0.29) is 5.91 Å². The first-order chi connectivity index (χ1) is 12.2. The van der Waals surface area contributed by atoms with Crippen LogP contribution in [0.2, 0.25) is 0 Å². The van der Waals surface area contributed by atoms with Crippen LogP contribution in [0.15, 0.2) is 41.4 Å². The van der Waals surface area contributed by atoms with Crippen molar-refractivity contribution >= 4 is 22.6 Å². The number of nitrogens with one attached hydrogen (secondary N) is 1. The molecule has 0 radical (unpaired) electrons. The fraction of sp³-hybridized carbons (Fsp3) is 0.333. The third kappa shape index (κ3) is 3.36. The molecule has 0 bridgehead atoms. The normalized spacial score (nSPS) is 17.9. The lowest BCUT2D eigenvalue weighted by molar-refractivity contribution is -0.117. The van der Waals surface area contributed by atoms with Gasteiger partial charge in [-0.2, -0.15) is 0 Å². The van der Waals surface area contributed by atoms with Gasteiger partial charge in [0.05, 0.1) is 18.3 Å². The molecule has 1 saturated heterocycles. The highest BCUT2D eigenvalue weighted by atomic mass is 16.3. The number of amides is 1. The maximum atomic E-state index is 12.3. The van der Waals surface area contributed by atoms with E-state index in [9.17, 15) is 4.79 Å². The summed E-state index contributed by atoms with van der Waals surface area (Å²) in [6.07, 6.45) is 7.00. The molecule has 1 atom stereocenters. The molecular formula is C18H19N5O2. The van der Waals surface area contributed by atoms with Gasteiger partial charge in [-0.1, -0.05) is 0 Å². The van der Waals surface area contributed by atoms with Crippen LogP contribution >= 0.6 is 0 Å². The van der Waals surface area contributed by atoms with Crippen LogP contribution in [0.5, 0.6) is 0 Å². The number of carbonyl (C=O) groups is 1. The quantitative estimate of drug-likeness (QED) is 0.788. The predicted molar refractivity (Wildman–Crippen MR) is 93.9 cm³/mol. The average molecular weight is 337 g/mol. The van der Waals surface area contributed by atoms with Crippen LogP contribution in [0.1, 0.15) is 19.8 Å². The number of hydrogen-bond acceptors (Lipinski definition) is 6. The van der Waals surface area contributed by atoms with Gasteiger partial charge in [0.25, 0.3) is 0 Å². The highest BCUT2D eigenvalue weighted by Crippen LogP contribution is 2.22. The minimum Gasteiger partial charge on any atom is -0.442 e. The van der Waals surface area contributed by atoms with Crippen molar-refractivity contribution in [1.82, 2.24) is 19.9 Å². The molecular weight excluding hydrogens is 318 g/mol. The molecule has 7 nitrogen and oxygen atoms in total. The number of oxazole rings is 1. The third-order valence-electron chi connectivity index (χ3n) is 4.56. The molecule has 7 heteroatoms. The van der Waals surface area contributed by atoms with E-state index in [4.69, 9.17) is 4.42 Å². The molecule has 4 heterocycles. The number of fused-ring (bicyclic) bond motifs is 1. The number of anilines is 1. The standard InChI is InChI=1S/C18H19N5O2/c1-12-3-2-6-23(12)10-18(24)22-17-7-15-13(8-20-17)4-5-14(21-15)16-9-19-11-25-16/h4-5,7-9,11-12H,2-3,6,10H2,1H3,(H,20,22,24)/t12-/m1/s1. The van der Waals surface area contributed by atoms with Gasteiger partial charge < -0.3 is 9.73 Å². The molecule has 3 aromatic heterocycles. The summed E-state index contributed by atoms with van der Waals surface area (Å²) >= 11 is 0. The molecule has 0 aliphatic carbocycles. The van der Waals surface area contributed by atoms with Gasteiger partial charge in [-0.05, 0) is 38.4 Å². The van der Waals surface area contributed by atoms with Gasteiger partial charge >= 0.3 is 0 Å². The zero-order valence-electron chi connectivity index (χ0n) is 14.0. The summed E-state index contributed by atoms with van der Waals surface area (Å²) in [5, 5.41) is 3.77. The van der Waals surface area contributed by atoms with Crippen LogP contribution in [-0.2, 0) is 4.79 Å². The average Bonchev–Trinajstić information content (AvgIpc) is 3.27. The lowest BCUT2D eigenvalue weighted by Gasteiger charge is -2.19. The van der Waals surface area contributed by atoms with Crippen LogP contribution in [0, 0.1) is 0 Å². The number of rotatable bonds is 4. The maximum Gasteiger partial charge on any atom is 0.239 e. The number of nitrogens with zero attached hydrogens (tertiary/aromatic N) is 4. The summed E-state index contributed by atoms with van der Waals surface area (Å²) in [6, 6.07) is 6.02. The van der Waals surface area contributed by atoms with Gasteiger partial charge in [-0.3, -0.25) is 9.69 Å². The number of aromatic nitrogens is 3. The van der Waals surface area contributed by atoms with Gasteiger partial charge in [-0.15, -0.1) is 0 Å². The summed E-state index contributed by atoms with van der Waals surface area (Å²) in [5.41, 5.74) is 1.44. The van der Waals surface area contributed by atoms with Crippen molar-refractivity contribution in [1.29, 1.82) is 0 Å². The SMILES string of the molecule is C[C@@H]1CCCN1CC(=O)Nc1cc2nc(-c3cnco3)ccc2cn1. The minimum atomic E-state index is -0.0491. The van der Waals surface area contributed by atoms with Crippen LogP contribution in [0.3, 0.4) is 0 Å². The van der Waals surface area contributed by atoms with Crippen molar-refractivity contribution in [2.75, 3.05) is 18.4 Å². The van der Waals surface area contributed by atoms with E-state index >= 15 is 0 Å². The number of hydrogen-bond donors (Lipinski definition) is 1. The third-order valence-corrected chi connectivity index (χ3v) is 4.56. The van der Waals surface area contributed by atoms with Crippen molar-refractivity contribution < 1.29 is 9.21 Å². The fourth-order valence-corrected chi connectivity index (χ4v) is 3.16. The van der Waals surface area contributed by atoms with Crippen LogP contribution in [-0.4, -0.2) is 44.9 Å². The van der Waals surface area contributed by atoms with E-state index in [1.807, 2.05) is 12.1 Å². The molecule has 1 amide bonds. The molecule has 1 aliphatic heterocycles. The van der Waals surface area contributed by atoms with Crippen molar-refractivity contribution in [3.05, 3.63) is 37.0 Å². The number of pyridine rings is 2. The molecule has 25 heavy (non-hydrogen) atoms. The number of carbonyl (C=O) groups excluding carboxylic acids is 1. The molecule has 1 N–H and O–H groups in total. The van der Waals surface area contributed by atoms with Crippen LogP contribution < -0.4 is 5.32 Å². The molecule has 0 spiro atoms. The Morgan fingerprint density at radius 3 is 3.08 bits per heavy atom. The summed E-state index contributed by atoms with van der Waals surface area (Å²) < 4.78 is 5.28. The first-order valence-corrected chi connectivity index (χ1v) is 8.38. The molecule has 3 aromatic rings. The Labute approximate surface area is 145 Å². The smallest absolute Gasteiger partial charge is 0.239 e. The van der Waals surface area contributed by atoms with Gasteiger partial charge in [-0.25, -0.2) is 15.0 Å². The Morgan fingerprint density at radius 2 is 2.32 bits per heavy atom. The summed E-state index contributed by atoms with van der Waals surface area (Å²) in [4.78, 5) is 27.2. The monoisotopic (exact) mass is 337 g/mol. The first kappa shape index (κ1) is 15.7. The van der Waals surface area contributed by atoms with E-state index in [0.29, 0.717) is 29.9 Å². The maximum absolute atomic E-state index is 12.3. The van der Waals surface area contributed by atoms with Crippen molar-refractivity contribution in [2.45, 2.75) is 25.8 Å². The molecule has 0 saturated carbocycles. The van der Waals surface area contributed by atoms with Crippen LogP contribution in [0.25, 0.3) is 22.4 Å². The lowest BCUT2D eigenvalue weighted by atomic mass is 10.2. The molecule has 1 fully saturated rings. The molecule has 1 aliphatic rings. The summed E-state index contributed by atoms with van der Waals surface area (Å²) in [7, 11) is 0. The number of likely N-dealkylation sites (tertiary alicyclic amines) is 1. The summed E-state index contributed by atoms with van der Waals surface area (Å²) in [5.74, 6) is 1.06. The molecule has 128 valence electrons. The Bertz CT molecular complexity index is 894. The first-order valence-electron chi connectivity index (χ1n) is 8.38. The second-order valence-corrected chi connectivity index (χ2v) is 6.33. The van der Waals surface area contributed by atoms with Gasteiger partial charge in [0.2, 0.25) is 5.91 Å². The minimum absolute atomic E-state index is 0.0491. The fourth-order valence-electron chi connectivity index (χ4n) is 3.16. The molecule has 0 aromatic carbocycles. The lowest BCUT2D eigenvalue weighted by Crippen LogP contribution is -2.35. The topological polar surface area (TPSA) is 84.2 Å². The van der Waals surface area contributed by atoms with E-state index in [1.165, 1.54) is 6.39 Å². The van der Waals surface area contributed by atoms with Crippen molar-refractivity contribution in [2.24, 2.45) is 0 Å². The summed E-state index contributed by atoms with van der Waals surface area (Å²) in [6.45, 7) is 3.53. The Balaban J connectivity index is 1.52. The van der Waals surface area contributed by atoms with Crippen LogP contribution in [0.4, 0.5) is 5.82 Å². The molecule has 4 rings (SSSR count). The second kappa shape index (κ2) is 6.60. The Hall–Kier alpha value is -2.80. The van der Waals surface area contributed by atoms with E-state index in [2.05, 4.69) is 32.1 Å². The highest BCUT2D eigenvalue weighted by molar-refractivity contribution is 5.93. The van der Waals surface area contributed by atoms with Crippen molar-refractivity contribution in [3.8, 4) is 11.5 Å². The van der Waals surface area contributed by atoms with Crippen molar-refractivity contribution in [3.63, 3.8) is 0 Å².